The molecular weight excluding hydrogens is 286 g/mol. The minimum absolute atomic E-state index is 0.0793. The van der Waals surface area contributed by atoms with E-state index in [4.69, 9.17) is 0 Å². The molecule has 0 aromatic carbocycles. The molecule has 5 nitrogen and oxygen atoms in total. The normalized spacial score (nSPS) is 23.8. The second-order valence-electron chi connectivity index (χ2n) is 6.32. The van der Waals surface area contributed by atoms with E-state index in [1.807, 2.05) is 12.3 Å². The molecule has 21 heavy (non-hydrogen) atoms. The summed E-state index contributed by atoms with van der Waals surface area (Å²) in [5.74, 6) is 0.445. The molecule has 0 N–H and O–H groups in total. The molecule has 1 aliphatic carbocycles. The number of nitrogens with zero attached hydrogens (tertiary/aromatic N) is 3. The van der Waals surface area contributed by atoms with Gasteiger partial charge in [0.05, 0.1) is 5.25 Å². The van der Waals surface area contributed by atoms with Crippen LogP contribution >= 0.6 is 0 Å². The van der Waals surface area contributed by atoms with E-state index in [9.17, 15) is 8.42 Å². The summed E-state index contributed by atoms with van der Waals surface area (Å²) in [5, 5.41) is -0.0793. The number of rotatable bonds is 6. The Kier molecular flexibility index (Phi) is 4.28. The van der Waals surface area contributed by atoms with E-state index in [0.717, 1.165) is 32.4 Å². The predicted molar refractivity (Wildman–Crippen MR) is 82.2 cm³/mol. The van der Waals surface area contributed by atoms with Crippen molar-refractivity contribution < 1.29 is 8.42 Å². The summed E-state index contributed by atoms with van der Waals surface area (Å²) >= 11 is 0. The summed E-state index contributed by atoms with van der Waals surface area (Å²) in [6, 6.07) is 4.02. The van der Waals surface area contributed by atoms with Crippen LogP contribution in [0.2, 0.25) is 0 Å². The van der Waals surface area contributed by atoms with Gasteiger partial charge in [-0.3, -0.25) is 4.98 Å². The zero-order chi connectivity index (χ0) is 14.9. The van der Waals surface area contributed by atoms with Gasteiger partial charge in [-0.25, -0.2) is 12.7 Å². The molecule has 0 spiro atoms. The molecule has 0 amide bonds. The molecule has 2 aliphatic rings. The highest BCUT2D eigenvalue weighted by atomic mass is 32.2. The maximum absolute atomic E-state index is 12.2. The molecular formula is C15H23N3O2S. The van der Waals surface area contributed by atoms with Crippen LogP contribution in [0.25, 0.3) is 0 Å². The van der Waals surface area contributed by atoms with Crippen molar-refractivity contribution in [1.82, 2.24) is 14.2 Å². The molecule has 3 rings (SSSR count). The fourth-order valence-corrected chi connectivity index (χ4v) is 4.99. The molecule has 0 radical (unpaired) electrons. The summed E-state index contributed by atoms with van der Waals surface area (Å²) in [6.45, 7) is 3.19. The van der Waals surface area contributed by atoms with Gasteiger partial charge in [0.2, 0.25) is 10.0 Å². The molecule has 1 aliphatic heterocycles. The van der Waals surface area contributed by atoms with Gasteiger partial charge < -0.3 is 4.90 Å². The lowest BCUT2D eigenvalue weighted by molar-refractivity contribution is 0.273. The molecule has 116 valence electrons. The average molecular weight is 309 g/mol. The first-order valence-electron chi connectivity index (χ1n) is 7.62. The Bertz CT molecular complexity index is 572. The zero-order valence-electron chi connectivity index (χ0n) is 12.5. The minimum atomic E-state index is -2.99. The molecule has 1 saturated heterocycles. The van der Waals surface area contributed by atoms with Crippen molar-refractivity contribution in [2.24, 2.45) is 5.92 Å². The molecule has 1 aromatic rings. The molecule has 1 aromatic heterocycles. The van der Waals surface area contributed by atoms with Crippen molar-refractivity contribution in [1.29, 1.82) is 0 Å². The first-order valence-corrected chi connectivity index (χ1v) is 9.12. The first kappa shape index (κ1) is 14.9. The highest BCUT2D eigenvalue weighted by molar-refractivity contribution is 7.90. The van der Waals surface area contributed by atoms with E-state index in [1.54, 1.807) is 10.5 Å². The zero-order valence-corrected chi connectivity index (χ0v) is 13.3. The van der Waals surface area contributed by atoms with Gasteiger partial charge in [0, 0.05) is 38.6 Å². The van der Waals surface area contributed by atoms with Crippen LogP contribution in [0.4, 0.5) is 0 Å². The topological polar surface area (TPSA) is 53.5 Å². The van der Waals surface area contributed by atoms with Crippen LogP contribution in [0.5, 0.6) is 0 Å². The number of aromatic nitrogens is 1. The van der Waals surface area contributed by atoms with Gasteiger partial charge in [0.15, 0.2) is 0 Å². The van der Waals surface area contributed by atoms with Crippen molar-refractivity contribution in [3.05, 3.63) is 30.1 Å². The quantitative estimate of drug-likeness (QED) is 0.795. The molecule has 2 heterocycles. The Morgan fingerprint density at radius 3 is 2.86 bits per heavy atom. The van der Waals surface area contributed by atoms with Gasteiger partial charge in [-0.05, 0) is 43.9 Å². The van der Waals surface area contributed by atoms with Crippen molar-refractivity contribution in [3.8, 4) is 0 Å². The van der Waals surface area contributed by atoms with E-state index in [-0.39, 0.29) is 5.25 Å². The van der Waals surface area contributed by atoms with Crippen LogP contribution in [0.3, 0.4) is 0 Å². The van der Waals surface area contributed by atoms with Crippen LogP contribution in [0, 0.1) is 5.92 Å². The molecule has 0 unspecified atom stereocenters. The second-order valence-corrected chi connectivity index (χ2v) is 8.53. The lowest BCUT2D eigenvalue weighted by Crippen LogP contribution is -2.33. The first-order chi connectivity index (χ1) is 10.1. The van der Waals surface area contributed by atoms with Crippen LogP contribution in [0.15, 0.2) is 24.5 Å². The van der Waals surface area contributed by atoms with E-state index in [2.05, 4.69) is 23.0 Å². The van der Waals surface area contributed by atoms with E-state index < -0.39 is 10.0 Å². The Morgan fingerprint density at radius 2 is 2.19 bits per heavy atom. The minimum Gasteiger partial charge on any atom is -0.302 e. The van der Waals surface area contributed by atoms with Crippen LogP contribution in [0.1, 0.15) is 24.8 Å². The van der Waals surface area contributed by atoms with Crippen molar-refractivity contribution in [3.63, 3.8) is 0 Å². The van der Waals surface area contributed by atoms with Gasteiger partial charge in [-0.1, -0.05) is 6.07 Å². The summed E-state index contributed by atoms with van der Waals surface area (Å²) < 4.78 is 26.2. The number of hydrogen-bond donors (Lipinski definition) is 0. The lowest BCUT2D eigenvalue weighted by Gasteiger charge is -2.21. The summed E-state index contributed by atoms with van der Waals surface area (Å²) in [6.07, 6.45) is 6.34. The van der Waals surface area contributed by atoms with Crippen LogP contribution in [-0.2, 0) is 16.6 Å². The Balaban J connectivity index is 1.50. The smallest absolute Gasteiger partial charge is 0.216 e. The van der Waals surface area contributed by atoms with Gasteiger partial charge >= 0.3 is 0 Å². The van der Waals surface area contributed by atoms with E-state index in [0.29, 0.717) is 19.0 Å². The average Bonchev–Trinajstić information content (AvgIpc) is 3.21. The number of sulfonamides is 1. The Labute approximate surface area is 127 Å². The number of hydrogen-bond acceptors (Lipinski definition) is 4. The third-order valence-corrected chi connectivity index (χ3v) is 6.66. The molecule has 1 saturated carbocycles. The summed E-state index contributed by atoms with van der Waals surface area (Å²) in [5.41, 5.74) is 1.19. The molecule has 1 atom stereocenters. The van der Waals surface area contributed by atoms with Crippen molar-refractivity contribution >= 4 is 10.0 Å². The third-order valence-electron chi connectivity index (χ3n) is 4.30. The maximum atomic E-state index is 12.2. The second kappa shape index (κ2) is 6.02. The van der Waals surface area contributed by atoms with Crippen LogP contribution in [-0.4, -0.2) is 54.5 Å². The Hall–Kier alpha value is -0.980. The third kappa shape index (κ3) is 3.62. The van der Waals surface area contributed by atoms with E-state index in [1.165, 1.54) is 5.56 Å². The summed E-state index contributed by atoms with van der Waals surface area (Å²) in [7, 11) is -0.900. The van der Waals surface area contributed by atoms with Gasteiger partial charge in [-0.15, -0.1) is 0 Å². The lowest BCUT2D eigenvalue weighted by atomic mass is 10.1. The van der Waals surface area contributed by atoms with Gasteiger partial charge in [-0.2, -0.15) is 0 Å². The predicted octanol–water partition coefficient (Wildman–Crippen LogP) is 1.33. The fraction of sp³-hybridized carbons (Fsp3) is 0.667. The molecule has 0 bridgehead atoms. The monoisotopic (exact) mass is 309 g/mol. The summed E-state index contributed by atoms with van der Waals surface area (Å²) in [4.78, 5) is 6.38. The maximum Gasteiger partial charge on any atom is 0.216 e. The Morgan fingerprint density at radius 1 is 1.38 bits per heavy atom. The van der Waals surface area contributed by atoms with Crippen molar-refractivity contribution in [2.75, 3.05) is 26.7 Å². The van der Waals surface area contributed by atoms with Crippen LogP contribution < -0.4 is 0 Å². The molecule has 6 heteroatoms. The fourth-order valence-electron chi connectivity index (χ4n) is 3.06. The number of pyridine rings is 1. The van der Waals surface area contributed by atoms with Gasteiger partial charge in [0.25, 0.3) is 0 Å². The highest BCUT2D eigenvalue weighted by Crippen LogP contribution is 2.33. The largest absolute Gasteiger partial charge is 0.302 e. The highest BCUT2D eigenvalue weighted by Gasteiger charge is 2.42. The van der Waals surface area contributed by atoms with Gasteiger partial charge in [0.1, 0.15) is 0 Å². The van der Waals surface area contributed by atoms with E-state index >= 15 is 0 Å². The van der Waals surface area contributed by atoms with Crippen molar-refractivity contribution in [2.45, 2.75) is 31.1 Å². The SMILES string of the molecule is CN(Cc1cccnc1)C[C@H]1CCN(S(=O)(=O)C2CC2)C1. The standard InChI is InChI=1S/C15H23N3O2S/c1-17(10-13-3-2-7-16-9-13)11-14-6-8-18(12-14)21(19,20)15-4-5-15/h2-3,7,9,14-15H,4-6,8,10-12H2,1H3/t14-/m1/s1. The molecule has 2 fully saturated rings.